The Morgan fingerprint density at radius 2 is 1.14 bits per heavy atom. The van der Waals surface area contributed by atoms with Gasteiger partial charge in [-0.05, 0) is 136 Å². The molecule has 0 radical (unpaired) electrons. The maximum absolute atomic E-state index is 10.3. The lowest BCUT2D eigenvalue weighted by Gasteiger charge is -2.54. The van der Waals surface area contributed by atoms with Gasteiger partial charge >= 0.3 is 0 Å². The molecule has 0 unspecified atom stereocenters. The van der Waals surface area contributed by atoms with E-state index in [9.17, 15) is 10.5 Å². The lowest BCUT2D eigenvalue weighted by Crippen LogP contribution is -2.44. The summed E-state index contributed by atoms with van der Waals surface area (Å²) in [6.07, 6.45) is 26.3. The van der Waals surface area contributed by atoms with Gasteiger partial charge in [-0.1, -0.05) is 51.7 Å². The molecule has 6 fully saturated rings. The van der Waals surface area contributed by atoms with Crippen molar-refractivity contribution in [2.24, 2.45) is 16.2 Å². The minimum atomic E-state index is 0.135. The van der Waals surface area contributed by atoms with E-state index >= 15 is 0 Å². The van der Waals surface area contributed by atoms with Crippen LogP contribution in [0.25, 0.3) is 0 Å². The van der Waals surface area contributed by atoms with Gasteiger partial charge in [0.2, 0.25) is 0 Å². The van der Waals surface area contributed by atoms with E-state index in [1.54, 1.807) is 0 Å². The van der Waals surface area contributed by atoms with Gasteiger partial charge in [0.15, 0.2) is 0 Å². The van der Waals surface area contributed by atoms with Crippen LogP contribution in [-0.4, -0.2) is 0 Å². The van der Waals surface area contributed by atoms with Gasteiger partial charge in [-0.15, -0.1) is 0 Å². The lowest BCUT2D eigenvalue weighted by atomic mass is 9.50. The molecule has 0 N–H and O–H groups in total. The largest absolute Gasteiger partial charge is 0.192 e. The van der Waals surface area contributed by atoms with Crippen molar-refractivity contribution in [3.05, 3.63) is 34.4 Å². The van der Waals surface area contributed by atoms with E-state index in [1.165, 1.54) is 128 Å². The summed E-state index contributed by atoms with van der Waals surface area (Å²) in [4.78, 5) is 0. The molecule has 6 aliphatic rings. The van der Waals surface area contributed by atoms with Crippen LogP contribution < -0.4 is 0 Å². The van der Waals surface area contributed by atoms with E-state index in [-0.39, 0.29) is 5.41 Å². The number of unbranched alkanes of at least 4 members (excludes halogenated alkanes) is 2. The highest BCUT2D eigenvalue weighted by Gasteiger charge is 2.50. The Bertz CT molecular complexity index is 985. The van der Waals surface area contributed by atoms with E-state index in [0.29, 0.717) is 21.8 Å². The Kier molecular flexibility index (Phi) is 7.29. The minimum absolute atomic E-state index is 0.135. The van der Waals surface area contributed by atoms with E-state index in [4.69, 9.17) is 0 Å². The van der Waals surface area contributed by atoms with Crippen molar-refractivity contribution < 1.29 is 0 Å². The predicted molar refractivity (Wildman–Crippen MR) is 148 cm³/mol. The Hall–Kier alpha value is -1.80. The monoisotopic (exact) mass is 484 g/mol. The average molecular weight is 485 g/mol. The zero-order valence-corrected chi connectivity index (χ0v) is 23.2. The lowest BCUT2D eigenvalue weighted by molar-refractivity contribution is -0.0195. The van der Waals surface area contributed by atoms with Gasteiger partial charge in [0.1, 0.15) is 12.1 Å². The highest BCUT2D eigenvalue weighted by molar-refractivity contribution is 5.57. The third kappa shape index (κ3) is 4.53. The number of hydrogen-bond donors (Lipinski definition) is 0. The summed E-state index contributed by atoms with van der Waals surface area (Å²) in [6, 6.07) is 9.61. The molecule has 0 spiro atoms. The second kappa shape index (κ2) is 10.2. The van der Waals surface area contributed by atoms with Crippen LogP contribution in [0.4, 0.5) is 0 Å². The third-order valence-electron chi connectivity index (χ3n) is 12.1. The molecule has 4 bridgehead atoms. The van der Waals surface area contributed by atoms with E-state index in [2.05, 4.69) is 38.1 Å². The topological polar surface area (TPSA) is 47.6 Å². The fraction of sp³-hybridized carbons (Fsp3) is 0.765. The summed E-state index contributed by atoms with van der Waals surface area (Å²) < 4.78 is 0. The number of nitriles is 2. The van der Waals surface area contributed by atoms with Crippen LogP contribution in [0, 0.1) is 38.9 Å². The van der Waals surface area contributed by atoms with Crippen LogP contribution in [0.5, 0.6) is 0 Å². The molecule has 7 rings (SSSR count). The fourth-order valence-electron chi connectivity index (χ4n) is 9.35. The fourth-order valence-corrected chi connectivity index (χ4v) is 9.35. The first-order valence-electron chi connectivity index (χ1n) is 15.4. The Morgan fingerprint density at radius 1 is 0.611 bits per heavy atom. The van der Waals surface area contributed by atoms with Crippen molar-refractivity contribution in [3.63, 3.8) is 0 Å². The van der Waals surface area contributed by atoms with Gasteiger partial charge in [0.25, 0.3) is 0 Å². The van der Waals surface area contributed by atoms with Crippen LogP contribution in [0.1, 0.15) is 158 Å². The number of fused-ring (bicyclic) bond motifs is 6. The van der Waals surface area contributed by atoms with Crippen LogP contribution >= 0.6 is 0 Å². The third-order valence-corrected chi connectivity index (χ3v) is 12.1. The predicted octanol–water partition coefficient (Wildman–Crippen LogP) is 9.68. The van der Waals surface area contributed by atoms with Gasteiger partial charge in [-0.3, -0.25) is 0 Å². The van der Waals surface area contributed by atoms with Crippen molar-refractivity contribution in [3.8, 4) is 12.1 Å². The highest BCUT2D eigenvalue weighted by atomic mass is 14.5. The van der Waals surface area contributed by atoms with E-state index in [1.807, 2.05) is 0 Å². The summed E-state index contributed by atoms with van der Waals surface area (Å²) in [5.74, 6) is 0. The maximum Gasteiger partial charge on any atom is 0.101 e. The molecular weight excluding hydrogens is 436 g/mol. The normalized spacial score (nSPS) is 34.9. The first-order chi connectivity index (χ1) is 17.5. The van der Waals surface area contributed by atoms with E-state index < -0.39 is 0 Å². The van der Waals surface area contributed by atoms with Crippen molar-refractivity contribution in [1.29, 1.82) is 10.5 Å². The van der Waals surface area contributed by atoms with Crippen LogP contribution in [0.3, 0.4) is 0 Å². The molecular formula is C34H48N2. The molecule has 0 saturated heterocycles. The van der Waals surface area contributed by atoms with Crippen LogP contribution in [0.15, 0.2) is 12.1 Å². The van der Waals surface area contributed by atoms with Crippen molar-refractivity contribution in [2.75, 3.05) is 0 Å². The molecule has 36 heavy (non-hydrogen) atoms. The summed E-state index contributed by atoms with van der Waals surface area (Å²) in [5, 5.41) is 20.5. The van der Waals surface area contributed by atoms with Crippen molar-refractivity contribution in [1.82, 2.24) is 0 Å². The minimum Gasteiger partial charge on any atom is -0.192 e. The van der Waals surface area contributed by atoms with Gasteiger partial charge in [-0.25, -0.2) is 0 Å². The number of benzene rings is 1. The first kappa shape index (κ1) is 25.8. The zero-order chi connectivity index (χ0) is 25.3. The smallest absolute Gasteiger partial charge is 0.101 e. The van der Waals surface area contributed by atoms with Gasteiger partial charge in [0, 0.05) is 0 Å². The molecule has 1 aromatic carbocycles. The molecule has 2 heteroatoms. The second-order valence-electron chi connectivity index (χ2n) is 13.7. The molecule has 0 aromatic heterocycles. The Morgan fingerprint density at radius 3 is 1.67 bits per heavy atom. The average Bonchev–Trinajstić information content (AvgIpc) is 2.93. The number of hydrogen-bond acceptors (Lipinski definition) is 2. The van der Waals surface area contributed by atoms with Gasteiger partial charge in [-0.2, -0.15) is 10.5 Å². The van der Waals surface area contributed by atoms with Gasteiger partial charge in [0.05, 0.1) is 11.1 Å². The number of rotatable bonds is 10. The molecule has 194 valence electrons. The molecule has 2 nitrogen and oxygen atoms in total. The number of aryl methyl sites for hydroxylation is 1. The molecule has 0 aliphatic heterocycles. The zero-order valence-electron chi connectivity index (χ0n) is 23.2. The molecule has 6 aliphatic carbocycles. The van der Waals surface area contributed by atoms with Gasteiger partial charge < -0.3 is 0 Å². The van der Waals surface area contributed by atoms with E-state index in [0.717, 1.165) is 17.5 Å². The summed E-state index contributed by atoms with van der Waals surface area (Å²) in [7, 11) is 0. The summed E-state index contributed by atoms with van der Waals surface area (Å²) >= 11 is 0. The quantitative estimate of drug-likeness (QED) is 0.310. The second-order valence-corrected chi connectivity index (χ2v) is 13.7. The van der Waals surface area contributed by atoms with Crippen LogP contribution in [0.2, 0.25) is 0 Å². The molecule has 6 saturated carbocycles. The van der Waals surface area contributed by atoms with Crippen molar-refractivity contribution >= 4 is 0 Å². The van der Waals surface area contributed by atoms with Crippen molar-refractivity contribution in [2.45, 2.75) is 148 Å². The maximum atomic E-state index is 10.3. The Balaban J connectivity index is 1.31. The molecule has 0 atom stereocenters. The summed E-state index contributed by atoms with van der Waals surface area (Å²) in [6.45, 7) is 4.64. The SMILES string of the molecule is CCCCCC12CCC(c3ccc(CCC45CCC(CCC)(CC4)CC5)c(C#N)c3C#N)(CC1)CC2. The van der Waals surface area contributed by atoms with Crippen LogP contribution in [-0.2, 0) is 11.8 Å². The standard InChI is InChI=1S/C34H48N2/c1-3-5-6-11-32-19-22-34(23-20-32,24-21-32)30-8-7-27(28(25-35)29(30)26-36)9-12-33-16-13-31(10-4-2,14-17-33)15-18-33/h7-8H,3-6,9-24H2,1-2H3. The molecule has 1 aromatic rings. The number of nitrogens with zero attached hydrogens (tertiary/aromatic N) is 2. The Labute approximate surface area is 220 Å². The summed E-state index contributed by atoms with van der Waals surface area (Å²) in [5.41, 5.74) is 5.62. The first-order valence-corrected chi connectivity index (χ1v) is 15.4. The molecule has 0 heterocycles. The molecule has 0 amide bonds. The highest BCUT2D eigenvalue weighted by Crippen LogP contribution is 2.61.